The molecule has 1 aliphatic rings. The summed E-state index contributed by atoms with van der Waals surface area (Å²) in [6, 6.07) is 0.881. The second-order valence-corrected chi connectivity index (χ2v) is 4.94. The first-order chi connectivity index (χ1) is 7.06. The van der Waals surface area contributed by atoms with Crippen molar-refractivity contribution >= 4 is 0 Å². The van der Waals surface area contributed by atoms with E-state index in [0.29, 0.717) is 6.04 Å². The van der Waals surface area contributed by atoms with E-state index in [1.807, 2.05) is 6.92 Å². The van der Waals surface area contributed by atoms with Crippen molar-refractivity contribution in [3.63, 3.8) is 0 Å². The van der Waals surface area contributed by atoms with Gasteiger partial charge >= 0.3 is 0 Å². The van der Waals surface area contributed by atoms with Crippen LogP contribution in [0.4, 0.5) is 0 Å². The molecule has 0 radical (unpaired) electrons. The van der Waals surface area contributed by atoms with Crippen molar-refractivity contribution in [2.24, 2.45) is 0 Å². The first-order valence-corrected chi connectivity index (χ1v) is 6.14. The standard InChI is InChI=1S/C12H26N2O/c1-5-12(15)10(2)14(4)11-7-6-8-13(3)9-11/h10-12,15H,5-9H2,1-4H3. The van der Waals surface area contributed by atoms with Crippen molar-refractivity contribution in [1.29, 1.82) is 0 Å². The zero-order valence-electron chi connectivity index (χ0n) is 10.6. The van der Waals surface area contributed by atoms with Crippen molar-refractivity contribution in [3.8, 4) is 0 Å². The van der Waals surface area contributed by atoms with Gasteiger partial charge in [-0.2, -0.15) is 0 Å². The largest absolute Gasteiger partial charge is 0.392 e. The number of nitrogens with zero attached hydrogens (tertiary/aromatic N) is 2. The molecule has 0 amide bonds. The van der Waals surface area contributed by atoms with E-state index in [0.717, 1.165) is 13.0 Å². The second-order valence-electron chi connectivity index (χ2n) is 4.94. The summed E-state index contributed by atoms with van der Waals surface area (Å²) in [7, 11) is 4.33. The van der Waals surface area contributed by atoms with E-state index < -0.39 is 0 Å². The molecule has 1 N–H and O–H groups in total. The van der Waals surface area contributed by atoms with Crippen LogP contribution in [0.25, 0.3) is 0 Å². The normalized spacial score (nSPS) is 28.0. The Morgan fingerprint density at radius 2 is 2.20 bits per heavy atom. The highest BCUT2D eigenvalue weighted by molar-refractivity contribution is 4.82. The molecule has 1 aliphatic heterocycles. The van der Waals surface area contributed by atoms with Crippen LogP contribution in [0.15, 0.2) is 0 Å². The van der Waals surface area contributed by atoms with Gasteiger partial charge in [0.25, 0.3) is 0 Å². The Hall–Kier alpha value is -0.120. The molecule has 90 valence electrons. The van der Waals surface area contributed by atoms with Crippen molar-refractivity contribution < 1.29 is 5.11 Å². The zero-order chi connectivity index (χ0) is 11.4. The molecule has 0 aromatic rings. The molecule has 3 atom stereocenters. The zero-order valence-corrected chi connectivity index (χ0v) is 10.6. The van der Waals surface area contributed by atoms with Crippen LogP contribution < -0.4 is 0 Å². The lowest BCUT2D eigenvalue weighted by Crippen LogP contribution is -2.51. The number of aliphatic hydroxyl groups is 1. The molecule has 0 aliphatic carbocycles. The number of likely N-dealkylation sites (tertiary alicyclic amines) is 1. The Morgan fingerprint density at radius 3 is 2.73 bits per heavy atom. The third-order valence-electron chi connectivity index (χ3n) is 3.79. The summed E-state index contributed by atoms with van der Waals surface area (Å²) in [5.41, 5.74) is 0. The molecule has 0 bridgehead atoms. The Kier molecular flexibility index (Phi) is 5.03. The highest BCUT2D eigenvalue weighted by Crippen LogP contribution is 2.17. The quantitative estimate of drug-likeness (QED) is 0.761. The summed E-state index contributed by atoms with van der Waals surface area (Å²) < 4.78 is 0. The van der Waals surface area contributed by atoms with Gasteiger partial charge in [-0.1, -0.05) is 6.92 Å². The molecule has 0 spiro atoms. The number of hydrogen-bond donors (Lipinski definition) is 1. The minimum absolute atomic E-state index is 0.192. The van der Waals surface area contributed by atoms with Gasteiger partial charge in [0.05, 0.1) is 6.10 Å². The molecular weight excluding hydrogens is 188 g/mol. The van der Waals surface area contributed by atoms with Crippen LogP contribution in [0, 0.1) is 0 Å². The summed E-state index contributed by atoms with van der Waals surface area (Å²) in [6.45, 7) is 6.52. The van der Waals surface area contributed by atoms with Gasteiger partial charge in [-0.25, -0.2) is 0 Å². The Morgan fingerprint density at radius 1 is 1.53 bits per heavy atom. The molecule has 3 unspecified atom stereocenters. The predicted molar refractivity (Wildman–Crippen MR) is 64.0 cm³/mol. The van der Waals surface area contributed by atoms with Gasteiger partial charge in [0, 0.05) is 18.6 Å². The maximum atomic E-state index is 9.84. The van der Waals surface area contributed by atoms with E-state index >= 15 is 0 Å². The lowest BCUT2D eigenvalue weighted by Gasteiger charge is -2.40. The van der Waals surface area contributed by atoms with Gasteiger partial charge in [0.15, 0.2) is 0 Å². The summed E-state index contributed by atoms with van der Waals surface area (Å²) in [6.07, 6.45) is 3.19. The van der Waals surface area contributed by atoms with Crippen molar-refractivity contribution in [2.75, 3.05) is 27.2 Å². The van der Waals surface area contributed by atoms with Crippen LogP contribution in [0.1, 0.15) is 33.1 Å². The highest BCUT2D eigenvalue weighted by atomic mass is 16.3. The number of likely N-dealkylation sites (N-methyl/N-ethyl adjacent to an activating group) is 2. The maximum Gasteiger partial charge on any atom is 0.0690 e. The first-order valence-electron chi connectivity index (χ1n) is 6.14. The monoisotopic (exact) mass is 214 g/mol. The highest BCUT2D eigenvalue weighted by Gasteiger charge is 2.26. The van der Waals surface area contributed by atoms with Gasteiger partial charge in [-0.15, -0.1) is 0 Å². The molecule has 15 heavy (non-hydrogen) atoms. The lowest BCUT2D eigenvalue weighted by atomic mass is 10.0. The maximum absolute atomic E-state index is 9.84. The Bertz CT molecular complexity index is 186. The summed E-state index contributed by atoms with van der Waals surface area (Å²) in [4.78, 5) is 4.74. The van der Waals surface area contributed by atoms with Gasteiger partial charge < -0.3 is 10.0 Å². The summed E-state index contributed by atoms with van der Waals surface area (Å²) >= 11 is 0. The van der Waals surface area contributed by atoms with E-state index in [4.69, 9.17) is 0 Å². The molecule has 3 nitrogen and oxygen atoms in total. The molecule has 0 aromatic carbocycles. The molecule has 0 saturated carbocycles. The molecule has 1 heterocycles. The average molecular weight is 214 g/mol. The van der Waals surface area contributed by atoms with Crippen LogP contribution in [-0.4, -0.2) is 60.3 Å². The smallest absolute Gasteiger partial charge is 0.0690 e. The van der Waals surface area contributed by atoms with E-state index in [9.17, 15) is 5.11 Å². The van der Waals surface area contributed by atoms with Gasteiger partial charge in [-0.05, 0) is 46.8 Å². The van der Waals surface area contributed by atoms with Crippen LogP contribution in [0.5, 0.6) is 0 Å². The first kappa shape index (κ1) is 12.9. The fraction of sp³-hybridized carbons (Fsp3) is 1.00. The Labute approximate surface area is 94.1 Å². The average Bonchev–Trinajstić information content (AvgIpc) is 2.26. The minimum Gasteiger partial charge on any atom is -0.392 e. The SMILES string of the molecule is CCC(O)C(C)N(C)C1CCCN(C)C1. The molecule has 1 fully saturated rings. The molecule has 3 heteroatoms. The van der Waals surface area contributed by atoms with Gasteiger partial charge in [-0.3, -0.25) is 4.90 Å². The lowest BCUT2D eigenvalue weighted by molar-refractivity contribution is 0.0268. The van der Waals surface area contributed by atoms with Crippen molar-refractivity contribution in [1.82, 2.24) is 9.80 Å². The number of rotatable bonds is 4. The number of aliphatic hydroxyl groups excluding tert-OH is 1. The second kappa shape index (κ2) is 5.83. The van der Waals surface area contributed by atoms with E-state index in [1.165, 1.54) is 19.4 Å². The van der Waals surface area contributed by atoms with E-state index in [2.05, 4.69) is 30.8 Å². The summed E-state index contributed by atoms with van der Waals surface area (Å²) in [5, 5.41) is 9.84. The van der Waals surface area contributed by atoms with Crippen LogP contribution in [-0.2, 0) is 0 Å². The van der Waals surface area contributed by atoms with E-state index in [1.54, 1.807) is 0 Å². The topological polar surface area (TPSA) is 26.7 Å². The fourth-order valence-corrected chi connectivity index (χ4v) is 2.42. The van der Waals surface area contributed by atoms with E-state index in [-0.39, 0.29) is 12.1 Å². The number of hydrogen-bond acceptors (Lipinski definition) is 3. The molecular formula is C12H26N2O. The molecule has 1 saturated heterocycles. The third kappa shape index (κ3) is 3.44. The Balaban J connectivity index is 2.47. The van der Waals surface area contributed by atoms with Crippen LogP contribution >= 0.6 is 0 Å². The molecule has 1 rings (SSSR count). The van der Waals surface area contributed by atoms with Crippen LogP contribution in [0.3, 0.4) is 0 Å². The minimum atomic E-state index is -0.192. The predicted octanol–water partition coefficient (Wildman–Crippen LogP) is 1.17. The third-order valence-corrected chi connectivity index (χ3v) is 3.79. The van der Waals surface area contributed by atoms with Gasteiger partial charge in [0.2, 0.25) is 0 Å². The fourth-order valence-electron chi connectivity index (χ4n) is 2.42. The van der Waals surface area contributed by atoms with Crippen molar-refractivity contribution in [2.45, 2.75) is 51.3 Å². The van der Waals surface area contributed by atoms with Gasteiger partial charge in [0.1, 0.15) is 0 Å². The van der Waals surface area contributed by atoms with Crippen molar-refractivity contribution in [3.05, 3.63) is 0 Å². The summed E-state index contributed by atoms with van der Waals surface area (Å²) in [5.74, 6) is 0. The molecule has 0 aromatic heterocycles. The number of piperidine rings is 1. The van der Waals surface area contributed by atoms with Crippen LogP contribution in [0.2, 0.25) is 0 Å².